The lowest BCUT2D eigenvalue weighted by Crippen LogP contribution is -1.97. The Balaban J connectivity index is 2.25. The second-order valence-corrected chi connectivity index (χ2v) is 5.43. The summed E-state index contributed by atoms with van der Waals surface area (Å²) in [5.41, 5.74) is 5.47. The molecule has 1 heteroatoms. The van der Waals surface area contributed by atoms with E-state index in [0.717, 1.165) is 18.2 Å². The van der Waals surface area contributed by atoms with E-state index in [-0.39, 0.29) is 0 Å². The van der Waals surface area contributed by atoms with Crippen LogP contribution < -0.4 is 0 Å². The molecule has 0 spiro atoms. The fourth-order valence-electron chi connectivity index (χ4n) is 2.33. The fourth-order valence-corrected chi connectivity index (χ4v) is 2.61. The molecule has 0 aromatic heterocycles. The zero-order chi connectivity index (χ0) is 13.5. The highest BCUT2D eigenvalue weighted by Crippen LogP contribution is 2.19. The van der Waals surface area contributed by atoms with Gasteiger partial charge in [-0.05, 0) is 41.5 Å². The Labute approximate surface area is 124 Å². The van der Waals surface area contributed by atoms with Gasteiger partial charge in [0, 0.05) is 5.33 Å². The molecule has 0 nitrogen and oxygen atoms in total. The van der Waals surface area contributed by atoms with Gasteiger partial charge in [0.05, 0.1) is 0 Å². The number of hydrogen-bond donors (Lipinski definition) is 0. The molecule has 2 rings (SSSR count). The Morgan fingerprint density at radius 1 is 0.895 bits per heavy atom. The second kappa shape index (κ2) is 7.30. The maximum atomic E-state index is 3.90. The molecular weight excluding hydrogens is 296 g/mol. The molecule has 0 bridgehead atoms. The van der Waals surface area contributed by atoms with Crippen molar-refractivity contribution in [3.05, 3.63) is 77.4 Å². The van der Waals surface area contributed by atoms with E-state index in [4.69, 9.17) is 0 Å². The molecule has 2 aromatic carbocycles. The lowest BCUT2D eigenvalue weighted by Gasteiger charge is -2.11. The van der Waals surface area contributed by atoms with Gasteiger partial charge in [0.2, 0.25) is 0 Å². The molecule has 0 unspecified atom stereocenters. The van der Waals surface area contributed by atoms with Gasteiger partial charge in [0.1, 0.15) is 0 Å². The van der Waals surface area contributed by atoms with Crippen LogP contribution in [0.25, 0.3) is 6.08 Å². The van der Waals surface area contributed by atoms with Crippen LogP contribution in [-0.4, -0.2) is 5.33 Å². The maximum absolute atomic E-state index is 3.90. The molecule has 0 aliphatic heterocycles. The van der Waals surface area contributed by atoms with Crippen molar-refractivity contribution < 1.29 is 0 Å². The normalized spacial score (nSPS) is 10.4. The van der Waals surface area contributed by atoms with E-state index in [1.165, 1.54) is 28.7 Å². The molecule has 2 aromatic rings. The zero-order valence-corrected chi connectivity index (χ0v) is 12.7. The number of alkyl halides is 1. The SMILES string of the molecule is C=Cc1ccccc1Cc1ccccc1CCCBr. The second-order valence-electron chi connectivity index (χ2n) is 4.64. The van der Waals surface area contributed by atoms with Crippen LogP contribution in [-0.2, 0) is 12.8 Å². The van der Waals surface area contributed by atoms with Crippen LogP contribution in [0.3, 0.4) is 0 Å². The molecular formula is C18H19Br. The van der Waals surface area contributed by atoms with E-state index in [0.29, 0.717) is 0 Å². The lowest BCUT2D eigenvalue weighted by molar-refractivity contribution is 0.919. The molecule has 98 valence electrons. The van der Waals surface area contributed by atoms with Crippen LogP contribution in [0.1, 0.15) is 28.7 Å². The Morgan fingerprint density at radius 2 is 1.53 bits per heavy atom. The van der Waals surface area contributed by atoms with Gasteiger partial charge >= 0.3 is 0 Å². The third kappa shape index (κ3) is 3.81. The Bertz CT molecular complexity index is 543. The van der Waals surface area contributed by atoms with E-state index in [2.05, 4.69) is 71.0 Å². The van der Waals surface area contributed by atoms with Crippen molar-refractivity contribution in [1.29, 1.82) is 0 Å². The first-order chi connectivity index (χ1) is 9.35. The summed E-state index contributed by atoms with van der Waals surface area (Å²) in [6.45, 7) is 3.90. The molecule has 0 heterocycles. The van der Waals surface area contributed by atoms with Crippen molar-refractivity contribution in [2.24, 2.45) is 0 Å². The molecule has 0 radical (unpaired) electrons. The third-order valence-corrected chi connectivity index (χ3v) is 3.91. The lowest BCUT2D eigenvalue weighted by atomic mass is 9.95. The summed E-state index contributed by atoms with van der Waals surface area (Å²) < 4.78 is 0. The van der Waals surface area contributed by atoms with E-state index >= 15 is 0 Å². The minimum atomic E-state index is 0.987. The first-order valence-corrected chi connectivity index (χ1v) is 7.80. The van der Waals surface area contributed by atoms with Crippen LogP contribution in [0, 0.1) is 0 Å². The molecule has 0 aliphatic carbocycles. The first kappa shape index (κ1) is 14.1. The molecule has 19 heavy (non-hydrogen) atoms. The minimum absolute atomic E-state index is 0.987. The summed E-state index contributed by atoms with van der Waals surface area (Å²) >= 11 is 3.51. The van der Waals surface area contributed by atoms with Crippen LogP contribution in [0.5, 0.6) is 0 Å². The fraction of sp³-hybridized carbons (Fsp3) is 0.222. The maximum Gasteiger partial charge on any atom is 0.00344 e. The zero-order valence-electron chi connectivity index (χ0n) is 11.1. The average Bonchev–Trinajstić information content (AvgIpc) is 2.47. The van der Waals surface area contributed by atoms with Gasteiger partial charge in [-0.1, -0.05) is 77.1 Å². The number of hydrogen-bond acceptors (Lipinski definition) is 0. The van der Waals surface area contributed by atoms with Crippen LogP contribution in [0.2, 0.25) is 0 Å². The quantitative estimate of drug-likeness (QED) is 0.639. The summed E-state index contributed by atoms with van der Waals surface area (Å²) in [5, 5.41) is 1.06. The number of benzene rings is 2. The smallest absolute Gasteiger partial charge is 0.00344 e. The molecule has 0 saturated carbocycles. The first-order valence-electron chi connectivity index (χ1n) is 6.68. The summed E-state index contributed by atoms with van der Waals surface area (Å²) in [5.74, 6) is 0. The predicted octanol–water partition coefficient (Wildman–Crippen LogP) is 5.25. The van der Waals surface area contributed by atoms with E-state index in [1.54, 1.807) is 0 Å². The largest absolute Gasteiger partial charge is 0.0985 e. The number of rotatable bonds is 6. The Hall–Kier alpha value is -1.34. The van der Waals surface area contributed by atoms with E-state index in [1.807, 2.05) is 6.08 Å². The molecule has 0 N–H and O–H groups in total. The highest BCUT2D eigenvalue weighted by atomic mass is 79.9. The van der Waals surface area contributed by atoms with Gasteiger partial charge in [-0.25, -0.2) is 0 Å². The Morgan fingerprint density at radius 3 is 2.21 bits per heavy atom. The third-order valence-electron chi connectivity index (χ3n) is 3.35. The van der Waals surface area contributed by atoms with Crippen molar-refractivity contribution in [1.82, 2.24) is 0 Å². The van der Waals surface area contributed by atoms with Crippen molar-refractivity contribution >= 4 is 22.0 Å². The molecule has 0 amide bonds. The molecule has 0 atom stereocenters. The van der Waals surface area contributed by atoms with Crippen LogP contribution in [0.15, 0.2) is 55.1 Å². The topological polar surface area (TPSA) is 0 Å². The molecule has 0 fully saturated rings. The molecule has 0 aliphatic rings. The van der Waals surface area contributed by atoms with Crippen molar-refractivity contribution in [2.75, 3.05) is 5.33 Å². The highest BCUT2D eigenvalue weighted by molar-refractivity contribution is 9.09. The van der Waals surface area contributed by atoms with Crippen LogP contribution >= 0.6 is 15.9 Å². The van der Waals surface area contributed by atoms with Crippen molar-refractivity contribution in [3.63, 3.8) is 0 Å². The summed E-state index contributed by atoms with van der Waals surface area (Å²) in [7, 11) is 0. The van der Waals surface area contributed by atoms with Gasteiger partial charge in [-0.3, -0.25) is 0 Å². The summed E-state index contributed by atoms with van der Waals surface area (Å²) in [6.07, 6.45) is 5.24. The standard InChI is InChI=1S/C18H19Br/c1-2-15-8-3-5-10-17(15)14-18-11-6-4-9-16(18)12-7-13-19/h2-6,8-11H,1,7,12-14H2. The predicted molar refractivity (Wildman–Crippen MR) is 87.9 cm³/mol. The average molecular weight is 315 g/mol. The number of halogens is 1. The van der Waals surface area contributed by atoms with E-state index in [9.17, 15) is 0 Å². The van der Waals surface area contributed by atoms with Crippen LogP contribution in [0.4, 0.5) is 0 Å². The van der Waals surface area contributed by atoms with Gasteiger partial charge in [0.25, 0.3) is 0 Å². The van der Waals surface area contributed by atoms with Gasteiger partial charge in [-0.15, -0.1) is 0 Å². The van der Waals surface area contributed by atoms with Gasteiger partial charge in [0.15, 0.2) is 0 Å². The highest BCUT2D eigenvalue weighted by Gasteiger charge is 2.05. The minimum Gasteiger partial charge on any atom is -0.0985 e. The van der Waals surface area contributed by atoms with Gasteiger partial charge < -0.3 is 0 Å². The summed E-state index contributed by atoms with van der Waals surface area (Å²) in [6, 6.07) is 17.2. The van der Waals surface area contributed by atoms with Crippen molar-refractivity contribution in [3.8, 4) is 0 Å². The van der Waals surface area contributed by atoms with Gasteiger partial charge in [-0.2, -0.15) is 0 Å². The number of aryl methyl sites for hydroxylation is 1. The van der Waals surface area contributed by atoms with E-state index < -0.39 is 0 Å². The van der Waals surface area contributed by atoms with Crippen molar-refractivity contribution in [2.45, 2.75) is 19.3 Å². The molecule has 0 saturated heterocycles. The Kier molecular flexibility index (Phi) is 5.41. The summed E-state index contributed by atoms with van der Waals surface area (Å²) in [4.78, 5) is 0. The monoisotopic (exact) mass is 314 g/mol.